The Hall–Kier alpha value is -1.64. The van der Waals surface area contributed by atoms with Crippen molar-refractivity contribution in [3.63, 3.8) is 0 Å². The van der Waals surface area contributed by atoms with Crippen molar-refractivity contribution in [3.05, 3.63) is 0 Å². The fourth-order valence-electron chi connectivity index (χ4n) is 2.67. The van der Waals surface area contributed by atoms with E-state index >= 15 is 0 Å². The third-order valence-corrected chi connectivity index (χ3v) is 3.75. The van der Waals surface area contributed by atoms with E-state index < -0.39 is 74.3 Å². The molecule has 0 bridgehead atoms. The molecule has 0 aliphatic heterocycles. The molecular weight excluding hydrogens is 378 g/mol. The van der Waals surface area contributed by atoms with Crippen molar-refractivity contribution in [1.82, 2.24) is 10.9 Å². The Kier molecular flexibility index (Phi) is 7.61. The number of carbonyl (C=O) groups is 2. The van der Waals surface area contributed by atoms with Crippen LogP contribution in [-0.4, -0.2) is 49.6 Å². The summed E-state index contributed by atoms with van der Waals surface area (Å²) < 4.78 is 83.6. The van der Waals surface area contributed by atoms with Gasteiger partial charge in [-0.3, -0.25) is 20.4 Å². The molecule has 0 aromatic rings. The molecule has 0 aromatic heterocycles. The molecule has 2 amide bonds. The molecule has 4 unspecified atom stereocenters. The van der Waals surface area contributed by atoms with Crippen molar-refractivity contribution >= 4 is 11.8 Å². The van der Waals surface area contributed by atoms with E-state index in [1.54, 1.807) is 10.9 Å². The first-order valence-corrected chi connectivity index (χ1v) is 7.25. The van der Waals surface area contributed by atoms with Gasteiger partial charge in [0.2, 0.25) is 11.8 Å². The molecule has 0 spiro atoms. The Morgan fingerprint density at radius 3 is 1.35 bits per heavy atom. The van der Waals surface area contributed by atoms with Crippen LogP contribution in [-0.2, 0) is 19.1 Å². The van der Waals surface area contributed by atoms with Gasteiger partial charge in [0.25, 0.3) is 0 Å². The van der Waals surface area contributed by atoms with Crippen LogP contribution >= 0.6 is 0 Å². The quantitative estimate of drug-likeness (QED) is 0.215. The van der Waals surface area contributed by atoms with Gasteiger partial charge < -0.3 is 9.47 Å². The van der Waals surface area contributed by atoms with E-state index in [4.69, 9.17) is 11.7 Å². The molecule has 8 nitrogen and oxygen atoms in total. The highest BCUT2D eigenvalue weighted by Gasteiger charge is 2.46. The van der Waals surface area contributed by atoms with Crippen molar-refractivity contribution < 1.29 is 45.4 Å². The molecule has 1 fully saturated rings. The largest absolute Gasteiger partial charge is 0.411 e. The molecule has 152 valence electrons. The average Bonchev–Trinajstić information content (AvgIpc) is 2.54. The zero-order valence-corrected chi connectivity index (χ0v) is 13.2. The third-order valence-electron chi connectivity index (χ3n) is 3.75. The molecule has 1 aliphatic carbocycles. The van der Waals surface area contributed by atoms with Gasteiger partial charge in [0, 0.05) is 0 Å². The Labute approximate surface area is 143 Å². The highest BCUT2D eigenvalue weighted by atomic mass is 19.4. The first-order valence-electron chi connectivity index (χ1n) is 7.25. The van der Waals surface area contributed by atoms with Gasteiger partial charge in [0.05, 0.1) is 24.0 Å². The molecule has 1 rings (SSSR count). The average molecular weight is 396 g/mol. The minimum Gasteiger partial charge on any atom is -0.368 e. The summed E-state index contributed by atoms with van der Waals surface area (Å²) >= 11 is 0. The number of halogens is 6. The second-order valence-corrected chi connectivity index (χ2v) is 5.63. The molecular formula is C12H18F6N4O4. The molecule has 0 radical (unpaired) electrons. The topological polar surface area (TPSA) is 129 Å². The Bertz CT molecular complexity index is 457. The van der Waals surface area contributed by atoms with Crippen LogP contribution in [0.15, 0.2) is 0 Å². The van der Waals surface area contributed by atoms with Crippen molar-refractivity contribution in [2.45, 2.75) is 37.4 Å². The number of hydrazine groups is 2. The summed E-state index contributed by atoms with van der Waals surface area (Å²) in [6.07, 6.45) is -13.3. The van der Waals surface area contributed by atoms with Crippen molar-refractivity contribution in [2.24, 2.45) is 23.5 Å². The van der Waals surface area contributed by atoms with Gasteiger partial charge >= 0.3 is 12.4 Å². The van der Waals surface area contributed by atoms with Crippen molar-refractivity contribution in [2.75, 3.05) is 13.2 Å². The normalized spacial score (nSPS) is 27.1. The summed E-state index contributed by atoms with van der Waals surface area (Å²) in [6, 6.07) is 0. The molecule has 0 heterocycles. The van der Waals surface area contributed by atoms with Crippen LogP contribution in [0.2, 0.25) is 0 Å². The predicted octanol–water partition coefficient (Wildman–Crippen LogP) is -0.113. The van der Waals surface area contributed by atoms with Crippen LogP contribution in [0.3, 0.4) is 0 Å². The Morgan fingerprint density at radius 1 is 0.808 bits per heavy atom. The van der Waals surface area contributed by atoms with Crippen LogP contribution in [0, 0.1) is 11.8 Å². The number of ether oxygens (including phenoxy) is 2. The number of carbonyl (C=O) groups excluding carboxylic acids is 2. The minimum atomic E-state index is -4.71. The van der Waals surface area contributed by atoms with Gasteiger partial charge in [-0.1, -0.05) is 0 Å². The summed E-state index contributed by atoms with van der Waals surface area (Å²) in [5, 5.41) is 0. The Balaban J connectivity index is 2.99. The maximum atomic E-state index is 12.4. The summed E-state index contributed by atoms with van der Waals surface area (Å²) in [5.74, 6) is 5.32. The summed E-state index contributed by atoms with van der Waals surface area (Å²) in [4.78, 5) is 23.6. The lowest BCUT2D eigenvalue weighted by Crippen LogP contribution is -2.54. The van der Waals surface area contributed by atoms with Gasteiger partial charge in [-0.15, -0.1) is 0 Å². The SMILES string of the molecule is NNC(=O)C1CC(OCC(F)(F)F)C(C(=O)NN)CC1OCC(F)(F)F. The van der Waals surface area contributed by atoms with E-state index in [-0.39, 0.29) is 0 Å². The highest BCUT2D eigenvalue weighted by molar-refractivity contribution is 5.81. The van der Waals surface area contributed by atoms with E-state index in [0.717, 1.165) is 0 Å². The molecule has 14 heteroatoms. The first kappa shape index (κ1) is 22.4. The van der Waals surface area contributed by atoms with Crippen molar-refractivity contribution in [3.8, 4) is 0 Å². The van der Waals surface area contributed by atoms with E-state index in [2.05, 4.69) is 9.47 Å². The van der Waals surface area contributed by atoms with Crippen LogP contribution < -0.4 is 22.5 Å². The fourth-order valence-corrected chi connectivity index (χ4v) is 2.67. The molecule has 4 atom stereocenters. The minimum absolute atomic E-state index is 0.514. The molecule has 1 aliphatic rings. The van der Waals surface area contributed by atoms with Gasteiger partial charge in [0.1, 0.15) is 13.2 Å². The predicted molar refractivity (Wildman–Crippen MR) is 72.5 cm³/mol. The smallest absolute Gasteiger partial charge is 0.368 e. The maximum Gasteiger partial charge on any atom is 0.411 e. The van der Waals surface area contributed by atoms with Crippen molar-refractivity contribution in [1.29, 1.82) is 0 Å². The van der Waals surface area contributed by atoms with Gasteiger partial charge in [0.15, 0.2) is 0 Å². The first-order chi connectivity index (χ1) is 11.9. The van der Waals surface area contributed by atoms with E-state index in [9.17, 15) is 35.9 Å². The third kappa shape index (κ3) is 6.93. The van der Waals surface area contributed by atoms with Gasteiger partial charge in [-0.2, -0.15) is 26.3 Å². The number of hydrogen-bond acceptors (Lipinski definition) is 6. The van der Waals surface area contributed by atoms with Crippen LogP contribution in [0.25, 0.3) is 0 Å². The van der Waals surface area contributed by atoms with Crippen LogP contribution in [0.5, 0.6) is 0 Å². The number of amides is 2. The molecule has 1 saturated carbocycles. The zero-order valence-electron chi connectivity index (χ0n) is 13.2. The summed E-state index contributed by atoms with van der Waals surface area (Å²) in [5.41, 5.74) is 3.42. The number of hydrogen-bond donors (Lipinski definition) is 4. The number of rotatable bonds is 6. The lowest BCUT2D eigenvalue weighted by Gasteiger charge is -2.39. The summed E-state index contributed by atoms with van der Waals surface area (Å²) in [7, 11) is 0. The monoisotopic (exact) mass is 396 g/mol. The van der Waals surface area contributed by atoms with Gasteiger partial charge in [-0.25, -0.2) is 11.7 Å². The molecule has 6 N–H and O–H groups in total. The van der Waals surface area contributed by atoms with E-state index in [1.807, 2.05) is 0 Å². The number of alkyl halides is 6. The van der Waals surface area contributed by atoms with E-state index in [1.165, 1.54) is 0 Å². The van der Waals surface area contributed by atoms with Gasteiger partial charge in [-0.05, 0) is 12.8 Å². The number of nitrogens with two attached hydrogens (primary N) is 2. The summed E-state index contributed by atoms with van der Waals surface area (Å²) in [6.45, 7) is -3.42. The fraction of sp³-hybridized carbons (Fsp3) is 0.833. The standard InChI is InChI=1S/C12H18F6N4O4/c13-11(14,15)3-25-7-1-5(9(23)21-19)8(26-4-12(16,17)18)2-6(7)10(24)22-20/h5-8H,1-4,19-20H2,(H,21,23)(H,22,24). The zero-order chi connectivity index (χ0) is 20.1. The molecule has 26 heavy (non-hydrogen) atoms. The second kappa shape index (κ2) is 8.83. The van der Waals surface area contributed by atoms with E-state index in [0.29, 0.717) is 0 Å². The van der Waals surface area contributed by atoms with Crippen LogP contribution in [0.1, 0.15) is 12.8 Å². The molecule has 0 aromatic carbocycles. The molecule has 0 saturated heterocycles. The highest BCUT2D eigenvalue weighted by Crippen LogP contribution is 2.35. The second-order valence-electron chi connectivity index (χ2n) is 5.63. The number of nitrogens with one attached hydrogen (secondary N) is 2. The van der Waals surface area contributed by atoms with Crippen LogP contribution in [0.4, 0.5) is 26.3 Å². The maximum absolute atomic E-state index is 12.4. The Morgan fingerprint density at radius 2 is 1.12 bits per heavy atom. The lowest BCUT2D eigenvalue weighted by molar-refractivity contribution is -0.215. The lowest BCUT2D eigenvalue weighted by atomic mass is 9.76.